The molecule has 0 bridgehead atoms. The van der Waals surface area contributed by atoms with Crippen molar-refractivity contribution in [2.75, 3.05) is 31.6 Å². The van der Waals surface area contributed by atoms with E-state index in [1.807, 2.05) is 0 Å². The molecule has 0 unspecified atom stereocenters. The molecular weight excluding hydrogens is 451 g/mol. The van der Waals surface area contributed by atoms with E-state index in [2.05, 4.69) is 15.5 Å². The van der Waals surface area contributed by atoms with Crippen molar-refractivity contribution >= 4 is 23.4 Å². The van der Waals surface area contributed by atoms with Gasteiger partial charge in [0.1, 0.15) is 24.2 Å². The molecule has 1 atom stereocenters. The van der Waals surface area contributed by atoms with Crippen molar-refractivity contribution in [3.05, 3.63) is 58.9 Å². The maximum atomic E-state index is 14.5. The first-order valence-electron chi connectivity index (χ1n) is 12.5. The van der Waals surface area contributed by atoms with Crippen LogP contribution >= 0.6 is 0 Å². The van der Waals surface area contributed by atoms with Gasteiger partial charge in [-0.25, -0.2) is 4.39 Å². The monoisotopic (exact) mass is 481 g/mol. The molecule has 8 nitrogen and oxygen atoms in total. The first-order chi connectivity index (χ1) is 17.3. The van der Waals surface area contributed by atoms with Crippen molar-refractivity contribution in [2.45, 2.75) is 44.8 Å². The molecule has 5 rings (SSSR count). The Labute approximate surface area is 204 Å². The average molecular weight is 482 g/mol. The number of anilines is 1. The van der Waals surface area contributed by atoms with Crippen LogP contribution in [-0.4, -0.2) is 59.8 Å². The van der Waals surface area contributed by atoms with Crippen LogP contribution in [0.15, 0.2) is 36.4 Å². The molecule has 3 aliphatic heterocycles. The van der Waals surface area contributed by atoms with Crippen LogP contribution in [0.5, 0.6) is 5.75 Å². The number of rotatable bonds is 8. The Morgan fingerprint density at radius 1 is 1.17 bits per heavy atom. The first kappa shape index (κ1) is 22.0. The summed E-state index contributed by atoms with van der Waals surface area (Å²) in [5, 5.41) is 5.37. The van der Waals surface area contributed by atoms with E-state index in [4.69, 9.17) is 6.11 Å². The average Bonchev–Trinajstić information content (AvgIpc) is 3.50. The molecule has 35 heavy (non-hydrogen) atoms. The molecule has 3 heterocycles. The second kappa shape index (κ2) is 10.0. The Morgan fingerprint density at radius 2 is 2.00 bits per heavy atom. The number of hydrogen-bond acceptors (Lipinski definition) is 6. The quantitative estimate of drug-likeness (QED) is 0.564. The van der Waals surface area contributed by atoms with Crippen LogP contribution < -0.4 is 15.4 Å². The SMILES string of the molecule is [2H][C@]1(N2Cc3c(NCc4cc(OCCN5CCCC5)ccc4F)cccc3C2=O)CCC(=O)NC1=O. The Kier molecular flexibility index (Phi) is 6.32. The summed E-state index contributed by atoms with van der Waals surface area (Å²) in [5.74, 6) is -1.45. The third-order valence-corrected chi connectivity index (χ3v) is 6.76. The normalized spacial score (nSPS) is 22.7. The standard InChI is InChI=1S/C26H29FN4O4/c27-21-7-6-18(35-13-12-30-10-1-2-11-30)14-17(21)15-28-22-5-3-4-19-20(22)16-31(26(19)34)23-8-9-24(32)29-25(23)33/h3-7,14,23,28H,1-2,8-13,15-16H2,(H,29,32,33)/t23-/m0/s1/i23D. The number of ether oxygens (including phenoxy) is 1. The van der Waals surface area contributed by atoms with Gasteiger partial charge in [-0.15, -0.1) is 0 Å². The van der Waals surface area contributed by atoms with E-state index in [0.29, 0.717) is 34.7 Å². The van der Waals surface area contributed by atoms with Crippen molar-refractivity contribution in [1.82, 2.24) is 15.1 Å². The smallest absolute Gasteiger partial charge is 0.255 e. The Bertz CT molecular complexity index is 1200. The fraction of sp³-hybridized carbons (Fsp3) is 0.423. The van der Waals surface area contributed by atoms with Gasteiger partial charge in [0, 0.05) is 48.4 Å². The lowest BCUT2D eigenvalue weighted by molar-refractivity contribution is -0.136. The largest absolute Gasteiger partial charge is 0.492 e. The molecule has 0 aliphatic carbocycles. The number of halogens is 1. The zero-order valence-electron chi connectivity index (χ0n) is 20.4. The summed E-state index contributed by atoms with van der Waals surface area (Å²) in [6.45, 7) is 3.78. The van der Waals surface area contributed by atoms with Gasteiger partial charge in [-0.3, -0.25) is 24.6 Å². The number of fused-ring (bicyclic) bond motifs is 1. The van der Waals surface area contributed by atoms with Crippen LogP contribution in [-0.2, 0) is 22.7 Å². The third-order valence-electron chi connectivity index (χ3n) is 6.76. The molecule has 9 heteroatoms. The van der Waals surface area contributed by atoms with Gasteiger partial charge in [-0.2, -0.15) is 0 Å². The van der Waals surface area contributed by atoms with Gasteiger partial charge in [0.15, 0.2) is 0 Å². The number of hydrogen-bond donors (Lipinski definition) is 2. The molecule has 0 spiro atoms. The highest BCUT2D eigenvalue weighted by Crippen LogP contribution is 2.32. The van der Waals surface area contributed by atoms with Gasteiger partial charge in [0.05, 0.1) is 1.37 Å². The minimum Gasteiger partial charge on any atom is -0.492 e. The summed E-state index contributed by atoms with van der Waals surface area (Å²) >= 11 is 0. The topological polar surface area (TPSA) is 91.0 Å². The van der Waals surface area contributed by atoms with Gasteiger partial charge < -0.3 is 15.0 Å². The van der Waals surface area contributed by atoms with Gasteiger partial charge in [0.2, 0.25) is 11.8 Å². The molecular formula is C26H29FN4O4. The Morgan fingerprint density at radius 3 is 2.80 bits per heavy atom. The summed E-state index contributed by atoms with van der Waals surface area (Å²) < 4.78 is 29.0. The second-order valence-corrected chi connectivity index (χ2v) is 9.05. The highest BCUT2D eigenvalue weighted by molar-refractivity contribution is 6.06. The van der Waals surface area contributed by atoms with E-state index in [1.54, 1.807) is 30.3 Å². The van der Waals surface area contributed by atoms with Crippen LogP contribution in [0.3, 0.4) is 0 Å². The number of carbonyl (C=O) groups is 3. The molecule has 2 N–H and O–H groups in total. The molecule has 0 aromatic heterocycles. The summed E-state index contributed by atoms with van der Waals surface area (Å²) in [6.07, 6.45) is 2.37. The molecule has 2 aromatic carbocycles. The molecule has 3 amide bonds. The van der Waals surface area contributed by atoms with Crippen molar-refractivity contribution in [3.63, 3.8) is 0 Å². The Balaban J connectivity index is 1.27. The number of carbonyl (C=O) groups excluding carboxylic acids is 3. The number of nitrogens with zero attached hydrogens (tertiary/aromatic N) is 2. The Hall–Kier alpha value is -3.46. The number of nitrogens with one attached hydrogen (secondary N) is 2. The van der Waals surface area contributed by atoms with Crippen LogP contribution in [0.25, 0.3) is 0 Å². The lowest BCUT2D eigenvalue weighted by Gasteiger charge is -2.29. The van der Waals surface area contributed by atoms with E-state index in [9.17, 15) is 18.8 Å². The fourth-order valence-corrected chi connectivity index (χ4v) is 4.85. The number of benzene rings is 2. The molecule has 0 saturated carbocycles. The first-order valence-corrected chi connectivity index (χ1v) is 12.0. The fourth-order valence-electron chi connectivity index (χ4n) is 4.85. The number of imide groups is 1. The highest BCUT2D eigenvalue weighted by Gasteiger charge is 2.39. The van der Waals surface area contributed by atoms with Gasteiger partial charge in [-0.05, 0) is 62.7 Å². The maximum absolute atomic E-state index is 14.5. The van der Waals surface area contributed by atoms with Gasteiger partial charge in [0.25, 0.3) is 5.91 Å². The third kappa shape index (κ3) is 5.00. The van der Waals surface area contributed by atoms with Crippen molar-refractivity contribution < 1.29 is 24.9 Å². The predicted octanol–water partition coefficient (Wildman–Crippen LogP) is 2.67. The minimum atomic E-state index is -1.85. The molecule has 0 radical (unpaired) electrons. The summed E-state index contributed by atoms with van der Waals surface area (Å²) in [5.41, 5.74) is 2.07. The van der Waals surface area contributed by atoms with E-state index in [0.717, 1.165) is 19.6 Å². The van der Waals surface area contributed by atoms with Crippen LogP contribution in [0.1, 0.15) is 48.5 Å². The predicted molar refractivity (Wildman–Crippen MR) is 127 cm³/mol. The minimum absolute atomic E-state index is 0.00378. The molecule has 184 valence electrons. The lowest BCUT2D eigenvalue weighted by Crippen LogP contribution is -2.52. The zero-order valence-corrected chi connectivity index (χ0v) is 19.4. The summed E-state index contributed by atoms with van der Waals surface area (Å²) in [6, 6.07) is 7.96. The highest BCUT2D eigenvalue weighted by atomic mass is 19.1. The summed E-state index contributed by atoms with van der Waals surface area (Å²) in [4.78, 5) is 40.6. The second-order valence-electron chi connectivity index (χ2n) is 9.05. The molecule has 2 aromatic rings. The molecule has 2 fully saturated rings. The van der Waals surface area contributed by atoms with Crippen molar-refractivity contribution in [3.8, 4) is 5.75 Å². The van der Waals surface area contributed by atoms with Gasteiger partial charge >= 0.3 is 0 Å². The van der Waals surface area contributed by atoms with Gasteiger partial charge in [-0.1, -0.05) is 6.07 Å². The lowest BCUT2D eigenvalue weighted by atomic mass is 10.0. The van der Waals surface area contributed by atoms with E-state index >= 15 is 0 Å². The maximum Gasteiger partial charge on any atom is 0.255 e. The zero-order chi connectivity index (χ0) is 25.3. The van der Waals surface area contributed by atoms with E-state index < -0.39 is 23.7 Å². The molecule has 2 saturated heterocycles. The number of likely N-dealkylation sites (tertiary alicyclic amines) is 1. The number of amides is 3. The van der Waals surface area contributed by atoms with E-state index in [1.165, 1.54) is 23.8 Å². The molecule has 3 aliphatic rings. The van der Waals surface area contributed by atoms with Crippen molar-refractivity contribution in [1.29, 1.82) is 0 Å². The van der Waals surface area contributed by atoms with E-state index in [-0.39, 0.29) is 31.7 Å². The van der Waals surface area contributed by atoms with Crippen LogP contribution in [0.4, 0.5) is 10.1 Å². The van der Waals surface area contributed by atoms with Crippen LogP contribution in [0, 0.1) is 5.82 Å². The summed E-state index contributed by atoms with van der Waals surface area (Å²) in [7, 11) is 0. The number of piperidine rings is 1. The van der Waals surface area contributed by atoms with Crippen LogP contribution in [0.2, 0.25) is 0 Å². The van der Waals surface area contributed by atoms with Crippen molar-refractivity contribution in [2.24, 2.45) is 0 Å².